The summed E-state index contributed by atoms with van der Waals surface area (Å²) in [5.74, 6) is 0. The fourth-order valence-electron chi connectivity index (χ4n) is 2.40. The molecule has 0 N–H and O–H groups in total. The van der Waals surface area contributed by atoms with Crippen LogP contribution in [-0.2, 0) is 11.2 Å². The van der Waals surface area contributed by atoms with Gasteiger partial charge in [0.1, 0.15) is 0 Å². The van der Waals surface area contributed by atoms with E-state index in [9.17, 15) is 0 Å². The molecule has 0 bridgehead atoms. The smallest absolute Gasteiger partial charge is 0.0678 e. The third-order valence-corrected chi connectivity index (χ3v) is 3.05. The molecule has 0 radical (unpaired) electrons. The van der Waals surface area contributed by atoms with Gasteiger partial charge in [-0.05, 0) is 25.8 Å². The second-order valence-corrected chi connectivity index (χ2v) is 4.75. The van der Waals surface area contributed by atoms with Gasteiger partial charge in [-0.15, -0.1) is 0 Å². The first-order valence-corrected chi connectivity index (χ1v) is 6.16. The number of benzene rings is 1. The van der Waals surface area contributed by atoms with Crippen LogP contribution in [0.2, 0.25) is 0 Å². The minimum atomic E-state index is 0.375. The lowest BCUT2D eigenvalue weighted by atomic mass is 10.1. The monoisotopic (exact) mass is 219 g/mol. The highest BCUT2D eigenvalue weighted by Gasteiger charge is 2.21. The van der Waals surface area contributed by atoms with Crippen LogP contribution in [0.5, 0.6) is 0 Å². The zero-order chi connectivity index (χ0) is 11.4. The Morgan fingerprint density at radius 2 is 1.75 bits per heavy atom. The number of hydrogen-bond acceptors (Lipinski definition) is 2. The highest BCUT2D eigenvalue weighted by atomic mass is 16.5. The van der Waals surface area contributed by atoms with Crippen molar-refractivity contribution in [3.63, 3.8) is 0 Å². The van der Waals surface area contributed by atoms with Crippen molar-refractivity contribution in [3.05, 3.63) is 35.9 Å². The van der Waals surface area contributed by atoms with Crippen molar-refractivity contribution in [2.75, 3.05) is 19.6 Å². The lowest BCUT2D eigenvalue weighted by molar-refractivity contribution is -0.0675. The molecular formula is C14H21NO. The topological polar surface area (TPSA) is 12.5 Å². The van der Waals surface area contributed by atoms with E-state index in [1.54, 1.807) is 0 Å². The summed E-state index contributed by atoms with van der Waals surface area (Å²) < 4.78 is 5.73. The summed E-state index contributed by atoms with van der Waals surface area (Å²) >= 11 is 0. The molecule has 88 valence electrons. The van der Waals surface area contributed by atoms with Crippen molar-refractivity contribution in [2.45, 2.75) is 32.5 Å². The second kappa shape index (κ2) is 5.46. The summed E-state index contributed by atoms with van der Waals surface area (Å²) in [5, 5.41) is 0. The fraction of sp³-hybridized carbons (Fsp3) is 0.571. The molecule has 0 aliphatic carbocycles. The van der Waals surface area contributed by atoms with Crippen molar-refractivity contribution < 1.29 is 4.74 Å². The molecule has 2 heteroatoms. The van der Waals surface area contributed by atoms with Crippen molar-refractivity contribution in [3.8, 4) is 0 Å². The van der Waals surface area contributed by atoms with E-state index in [4.69, 9.17) is 4.74 Å². The molecular weight excluding hydrogens is 198 g/mol. The molecule has 0 unspecified atom stereocenters. The number of ether oxygens (including phenoxy) is 1. The highest BCUT2D eigenvalue weighted by molar-refractivity contribution is 5.14. The number of nitrogens with zero attached hydrogens (tertiary/aromatic N) is 1. The molecule has 1 aromatic carbocycles. The van der Waals surface area contributed by atoms with E-state index < -0.39 is 0 Å². The number of morpholine rings is 1. The average molecular weight is 219 g/mol. The summed E-state index contributed by atoms with van der Waals surface area (Å²) in [6.07, 6.45) is 1.89. The predicted molar refractivity (Wildman–Crippen MR) is 66.6 cm³/mol. The zero-order valence-corrected chi connectivity index (χ0v) is 10.2. The van der Waals surface area contributed by atoms with Gasteiger partial charge in [0, 0.05) is 19.6 Å². The van der Waals surface area contributed by atoms with E-state index in [1.807, 2.05) is 0 Å². The molecule has 0 amide bonds. The Labute approximate surface area is 98.2 Å². The van der Waals surface area contributed by atoms with Crippen LogP contribution in [0.3, 0.4) is 0 Å². The van der Waals surface area contributed by atoms with Gasteiger partial charge in [-0.3, -0.25) is 4.90 Å². The van der Waals surface area contributed by atoms with Crippen LogP contribution < -0.4 is 0 Å². The first-order valence-electron chi connectivity index (χ1n) is 6.16. The first-order chi connectivity index (χ1) is 7.74. The summed E-state index contributed by atoms with van der Waals surface area (Å²) in [7, 11) is 0. The van der Waals surface area contributed by atoms with Crippen LogP contribution >= 0.6 is 0 Å². The lowest BCUT2D eigenvalue weighted by Gasteiger charge is -2.35. The van der Waals surface area contributed by atoms with Gasteiger partial charge in [-0.1, -0.05) is 30.3 Å². The number of hydrogen-bond donors (Lipinski definition) is 0. The number of rotatable bonds is 3. The maximum atomic E-state index is 5.73. The van der Waals surface area contributed by atoms with Gasteiger partial charge in [-0.2, -0.15) is 0 Å². The van der Waals surface area contributed by atoms with Gasteiger partial charge in [0.05, 0.1) is 12.2 Å². The fourth-order valence-corrected chi connectivity index (χ4v) is 2.40. The summed E-state index contributed by atoms with van der Waals surface area (Å²) in [6.45, 7) is 7.59. The van der Waals surface area contributed by atoms with Gasteiger partial charge in [-0.25, -0.2) is 0 Å². The maximum Gasteiger partial charge on any atom is 0.0678 e. The Balaban J connectivity index is 1.81. The van der Waals surface area contributed by atoms with Crippen LogP contribution in [-0.4, -0.2) is 36.7 Å². The maximum absolute atomic E-state index is 5.73. The van der Waals surface area contributed by atoms with E-state index in [2.05, 4.69) is 49.1 Å². The molecule has 1 aliphatic heterocycles. The molecule has 2 nitrogen and oxygen atoms in total. The van der Waals surface area contributed by atoms with Gasteiger partial charge in [0.15, 0.2) is 0 Å². The van der Waals surface area contributed by atoms with Crippen LogP contribution in [0.15, 0.2) is 30.3 Å². The Hall–Kier alpha value is -0.860. The molecule has 0 spiro atoms. The zero-order valence-electron chi connectivity index (χ0n) is 10.2. The Morgan fingerprint density at radius 3 is 2.38 bits per heavy atom. The predicted octanol–water partition coefficient (Wildman–Crippen LogP) is 2.34. The van der Waals surface area contributed by atoms with Gasteiger partial charge in [0.2, 0.25) is 0 Å². The van der Waals surface area contributed by atoms with Crippen molar-refractivity contribution >= 4 is 0 Å². The molecule has 1 fully saturated rings. The van der Waals surface area contributed by atoms with E-state index in [0.717, 1.165) is 26.1 Å². The summed E-state index contributed by atoms with van der Waals surface area (Å²) in [5.41, 5.74) is 1.43. The van der Waals surface area contributed by atoms with Crippen LogP contribution in [0.1, 0.15) is 19.4 Å². The molecule has 2 atom stereocenters. The molecule has 1 aromatic rings. The highest BCUT2D eigenvalue weighted by Crippen LogP contribution is 2.11. The van der Waals surface area contributed by atoms with Crippen LogP contribution in [0.4, 0.5) is 0 Å². The largest absolute Gasteiger partial charge is 0.373 e. The van der Waals surface area contributed by atoms with Gasteiger partial charge in [0.25, 0.3) is 0 Å². The summed E-state index contributed by atoms with van der Waals surface area (Å²) in [4.78, 5) is 2.51. The Kier molecular flexibility index (Phi) is 3.97. The molecule has 1 heterocycles. The van der Waals surface area contributed by atoms with E-state index in [-0.39, 0.29) is 0 Å². The third kappa shape index (κ3) is 3.32. The molecule has 16 heavy (non-hydrogen) atoms. The SMILES string of the molecule is C[C@H]1CN(CCc2ccccc2)C[C@H](C)O1. The van der Waals surface area contributed by atoms with Crippen molar-refractivity contribution in [2.24, 2.45) is 0 Å². The molecule has 2 rings (SSSR count). The van der Waals surface area contributed by atoms with Gasteiger partial charge < -0.3 is 4.74 Å². The van der Waals surface area contributed by atoms with Crippen molar-refractivity contribution in [1.82, 2.24) is 4.90 Å². The molecule has 0 saturated carbocycles. The minimum Gasteiger partial charge on any atom is -0.373 e. The van der Waals surface area contributed by atoms with Crippen LogP contribution in [0, 0.1) is 0 Å². The van der Waals surface area contributed by atoms with Crippen molar-refractivity contribution in [1.29, 1.82) is 0 Å². The van der Waals surface area contributed by atoms with Crippen LogP contribution in [0.25, 0.3) is 0 Å². The third-order valence-electron chi connectivity index (χ3n) is 3.05. The minimum absolute atomic E-state index is 0.375. The average Bonchev–Trinajstić information content (AvgIpc) is 2.27. The molecule has 1 aliphatic rings. The van der Waals surface area contributed by atoms with E-state index >= 15 is 0 Å². The Morgan fingerprint density at radius 1 is 1.12 bits per heavy atom. The molecule has 0 aromatic heterocycles. The normalized spacial score (nSPS) is 26.9. The van der Waals surface area contributed by atoms with E-state index in [1.165, 1.54) is 5.56 Å². The standard InChI is InChI=1S/C14H21NO/c1-12-10-15(11-13(2)16-12)9-8-14-6-4-3-5-7-14/h3-7,12-13H,8-11H2,1-2H3/t12-,13-/m0/s1. The Bertz CT molecular complexity index is 302. The summed E-state index contributed by atoms with van der Waals surface area (Å²) in [6, 6.07) is 10.7. The lowest BCUT2D eigenvalue weighted by Crippen LogP contribution is -2.46. The van der Waals surface area contributed by atoms with Gasteiger partial charge >= 0.3 is 0 Å². The van der Waals surface area contributed by atoms with E-state index in [0.29, 0.717) is 12.2 Å². The second-order valence-electron chi connectivity index (χ2n) is 4.75. The quantitative estimate of drug-likeness (QED) is 0.773. The first kappa shape index (κ1) is 11.6. The molecule has 1 saturated heterocycles.